The van der Waals surface area contributed by atoms with Gasteiger partial charge in [-0.05, 0) is 24.6 Å². The minimum atomic E-state index is -0.791. The molecule has 1 N–H and O–H groups in total. The van der Waals surface area contributed by atoms with Crippen molar-refractivity contribution in [1.82, 2.24) is 0 Å². The van der Waals surface area contributed by atoms with Crippen molar-refractivity contribution >= 4 is 33.3 Å². The first-order valence-corrected chi connectivity index (χ1v) is 6.34. The Kier molecular flexibility index (Phi) is 3.57. The highest BCUT2D eigenvalue weighted by Crippen LogP contribution is 2.33. The summed E-state index contributed by atoms with van der Waals surface area (Å²) in [5, 5.41) is 8.95. The van der Waals surface area contributed by atoms with Gasteiger partial charge >= 0.3 is 5.97 Å². The molecular weight excluding hydrogens is 284 g/mol. The Bertz CT molecular complexity index is 437. The summed E-state index contributed by atoms with van der Waals surface area (Å²) in [5.41, 5.74) is 2.08. The zero-order valence-corrected chi connectivity index (χ0v) is 11.3. The van der Waals surface area contributed by atoms with E-state index >= 15 is 0 Å². The van der Waals surface area contributed by atoms with Crippen molar-refractivity contribution in [3.05, 3.63) is 22.7 Å². The number of rotatable bonds is 2. The normalized spacial score (nSPS) is 15.4. The van der Waals surface area contributed by atoms with E-state index in [2.05, 4.69) is 20.8 Å². The molecule has 0 atom stereocenters. The Morgan fingerprint density at radius 1 is 1.41 bits per heavy atom. The van der Waals surface area contributed by atoms with Gasteiger partial charge in [0.1, 0.15) is 6.54 Å². The van der Waals surface area contributed by atoms with E-state index in [0.29, 0.717) is 0 Å². The third-order valence-corrected chi connectivity index (χ3v) is 3.43. The maximum absolute atomic E-state index is 10.9. The van der Waals surface area contributed by atoms with Crippen LogP contribution in [0.1, 0.15) is 6.42 Å². The monoisotopic (exact) mass is 298 g/mol. The van der Waals surface area contributed by atoms with Crippen LogP contribution in [0.4, 0.5) is 11.4 Å². The Morgan fingerprint density at radius 2 is 2.18 bits per heavy atom. The van der Waals surface area contributed by atoms with Crippen LogP contribution in [0, 0.1) is 0 Å². The SMILES string of the molecule is CN1CCCN(CC(=O)O)c2cc(Br)ccc21. The highest BCUT2D eigenvalue weighted by atomic mass is 79.9. The van der Waals surface area contributed by atoms with E-state index in [1.165, 1.54) is 0 Å². The summed E-state index contributed by atoms with van der Waals surface area (Å²) in [7, 11) is 2.04. The lowest BCUT2D eigenvalue weighted by Gasteiger charge is -2.24. The molecule has 2 rings (SSSR count). The number of fused-ring (bicyclic) bond motifs is 1. The quantitative estimate of drug-likeness (QED) is 0.909. The van der Waals surface area contributed by atoms with Crippen LogP contribution >= 0.6 is 15.9 Å². The molecule has 0 saturated carbocycles. The minimum absolute atomic E-state index is 0.0529. The van der Waals surface area contributed by atoms with Crippen molar-refractivity contribution in [1.29, 1.82) is 0 Å². The van der Waals surface area contributed by atoms with Crippen molar-refractivity contribution in [3.8, 4) is 0 Å². The van der Waals surface area contributed by atoms with Gasteiger partial charge in [0.25, 0.3) is 0 Å². The van der Waals surface area contributed by atoms with Gasteiger partial charge in [0, 0.05) is 24.6 Å². The molecule has 0 unspecified atom stereocenters. The lowest BCUT2D eigenvalue weighted by Crippen LogP contribution is -2.30. The summed E-state index contributed by atoms with van der Waals surface area (Å²) in [5.74, 6) is -0.791. The molecule has 1 aromatic rings. The fourth-order valence-corrected chi connectivity index (χ4v) is 2.49. The molecule has 1 heterocycles. The van der Waals surface area contributed by atoms with Gasteiger partial charge in [0.2, 0.25) is 0 Å². The fourth-order valence-electron chi connectivity index (χ4n) is 2.14. The lowest BCUT2D eigenvalue weighted by molar-refractivity contribution is -0.135. The zero-order chi connectivity index (χ0) is 12.4. The van der Waals surface area contributed by atoms with Gasteiger partial charge in [0.15, 0.2) is 0 Å². The molecule has 1 aromatic carbocycles. The van der Waals surface area contributed by atoms with Gasteiger partial charge in [-0.2, -0.15) is 0 Å². The van der Waals surface area contributed by atoms with Gasteiger partial charge < -0.3 is 14.9 Å². The smallest absolute Gasteiger partial charge is 0.323 e. The number of nitrogens with zero attached hydrogens (tertiary/aromatic N) is 2. The first-order valence-electron chi connectivity index (χ1n) is 5.55. The molecule has 92 valence electrons. The van der Waals surface area contributed by atoms with Crippen LogP contribution in [-0.4, -0.2) is 37.8 Å². The second kappa shape index (κ2) is 4.96. The molecule has 0 fully saturated rings. The van der Waals surface area contributed by atoms with Crippen LogP contribution in [0.2, 0.25) is 0 Å². The summed E-state index contributed by atoms with van der Waals surface area (Å²) in [4.78, 5) is 15.0. The number of carbonyl (C=O) groups is 1. The first kappa shape index (κ1) is 12.2. The Hall–Kier alpha value is -1.23. The lowest BCUT2D eigenvalue weighted by atomic mass is 10.2. The van der Waals surface area contributed by atoms with E-state index in [1.807, 2.05) is 30.1 Å². The van der Waals surface area contributed by atoms with E-state index in [4.69, 9.17) is 5.11 Å². The molecule has 5 heteroatoms. The number of aliphatic carboxylic acids is 1. The summed E-state index contributed by atoms with van der Waals surface area (Å²) in [6.07, 6.45) is 0.968. The van der Waals surface area contributed by atoms with Gasteiger partial charge in [-0.25, -0.2) is 0 Å². The number of benzene rings is 1. The number of hydrogen-bond donors (Lipinski definition) is 1. The zero-order valence-electron chi connectivity index (χ0n) is 9.69. The highest BCUT2D eigenvalue weighted by Gasteiger charge is 2.20. The molecule has 0 amide bonds. The van der Waals surface area contributed by atoms with Crippen LogP contribution in [-0.2, 0) is 4.79 Å². The number of hydrogen-bond acceptors (Lipinski definition) is 3. The second-order valence-electron chi connectivity index (χ2n) is 4.22. The molecular formula is C12H15BrN2O2. The molecule has 0 saturated heterocycles. The largest absolute Gasteiger partial charge is 0.480 e. The Morgan fingerprint density at radius 3 is 2.88 bits per heavy atom. The van der Waals surface area contributed by atoms with Gasteiger partial charge in [-0.15, -0.1) is 0 Å². The van der Waals surface area contributed by atoms with Crippen LogP contribution < -0.4 is 9.80 Å². The third kappa shape index (κ3) is 2.72. The van der Waals surface area contributed by atoms with Crippen molar-refractivity contribution in [2.24, 2.45) is 0 Å². The predicted octanol–water partition coefficient (Wildman–Crippen LogP) is 2.18. The molecule has 0 bridgehead atoms. The standard InChI is InChI=1S/C12H15BrN2O2/c1-14-5-2-6-15(8-12(16)17)11-7-9(13)3-4-10(11)14/h3-4,7H,2,5-6,8H2,1H3,(H,16,17). The van der Waals surface area contributed by atoms with Gasteiger partial charge in [-0.1, -0.05) is 15.9 Å². The average molecular weight is 299 g/mol. The predicted molar refractivity (Wildman–Crippen MR) is 71.9 cm³/mol. The van der Waals surface area contributed by atoms with Crippen molar-refractivity contribution < 1.29 is 9.90 Å². The molecule has 0 aromatic heterocycles. The summed E-state index contributed by atoms with van der Waals surface area (Å²) in [6, 6.07) is 6.00. The van der Waals surface area contributed by atoms with E-state index in [-0.39, 0.29) is 6.54 Å². The van der Waals surface area contributed by atoms with Crippen molar-refractivity contribution in [2.45, 2.75) is 6.42 Å². The Balaban J connectivity index is 2.41. The molecule has 0 radical (unpaired) electrons. The maximum atomic E-state index is 10.9. The second-order valence-corrected chi connectivity index (χ2v) is 5.14. The topological polar surface area (TPSA) is 43.8 Å². The molecule has 0 aliphatic carbocycles. The van der Waals surface area contributed by atoms with Crippen molar-refractivity contribution in [2.75, 3.05) is 36.5 Å². The van der Waals surface area contributed by atoms with Crippen LogP contribution in [0.5, 0.6) is 0 Å². The summed E-state index contributed by atoms with van der Waals surface area (Å²) in [6.45, 7) is 1.78. The van der Waals surface area contributed by atoms with Crippen molar-refractivity contribution in [3.63, 3.8) is 0 Å². The van der Waals surface area contributed by atoms with E-state index in [0.717, 1.165) is 35.4 Å². The van der Waals surface area contributed by atoms with Gasteiger partial charge in [0.05, 0.1) is 11.4 Å². The molecule has 1 aliphatic rings. The Labute approximate surface area is 109 Å². The maximum Gasteiger partial charge on any atom is 0.323 e. The third-order valence-electron chi connectivity index (χ3n) is 2.94. The number of halogens is 1. The van der Waals surface area contributed by atoms with Gasteiger partial charge in [-0.3, -0.25) is 4.79 Å². The van der Waals surface area contributed by atoms with E-state index in [1.54, 1.807) is 0 Å². The van der Waals surface area contributed by atoms with Crippen LogP contribution in [0.25, 0.3) is 0 Å². The highest BCUT2D eigenvalue weighted by molar-refractivity contribution is 9.10. The van der Waals surface area contributed by atoms with Crippen LogP contribution in [0.15, 0.2) is 22.7 Å². The summed E-state index contributed by atoms with van der Waals surface area (Å²) >= 11 is 3.44. The molecule has 17 heavy (non-hydrogen) atoms. The minimum Gasteiger partial charge on any atom is -0.480 e. The summed E-state index contributed by atoms with van der Waals surface area (Å²) < 4.78 is 0.974. The molecule has 1 aliphatic heterocycles. The molecule has 0 spiro atoms. The van der Waals surface area contributed by atoms with E-state index < -0.39 is 5.97 Å². The number of anilines is 2. The number of carboxylic acid groups (broad SMARTS) is 1. The van der Waals surface area contributed by atoms with E-state index in [9.17, 15) is 4.79 Å². The van der Waals surface area contributed by atoms with Crippen LogP contribution in [0.3, 0.4) is 0 Å². The fraction of sp³-hybridized carbons (Fsp3) is 0.417. The number of carboxylic acids is 1. The molecule has 4 nitrogen and oxygen atoms in total. The average Bonchev–Trinajstić information content (AvgIpc) is 2.39. The first-order chi connectivity index (χ1) is 8.08.